The maximum atomic E-state index is 14.8. The molecule has 0 aromatic heterocycles. The number of carbonyl (C=O) groups is 4. The van der Waals surface area contributed by atoms with Crippen molar-refractivity contribution in [2.24, 2.45) is 11.8 Å². The fourth-order valence-electron chi connectivity index (χ4n) is 7.80. The molecule has 3 heterocycles. The Balaban J connectivity index is 1.51. The van der Waals surface area contributed by atoms with Crippen LogP contribution in [0.2, 0.25) is 0 Å². The first-order valence-corrected chi connectivity index (χ1v) is 18.5. The van der Waals surface area contributed by atoms with Crippen LogP contribution in [0.25, 0.3) is 0 Å². The fourth-order valence-corrected chi connectivity index (χ4v) is 8.74. The Kier molecular flexibility index (Phi) is 13.3. The van der Waals surface area contributed by atoms with Crippen molar-refractivity contribution in [1.82, 2.24) is 10.2 Å². The third kappa shape index (κ3) is 7.83. The largest absolute Gasteiger partial charge is 0.497 e. The van der Waals surface area contributed by atoms with Crippen LogP contribution in [0.15, 0.2) is 79.9 Å². The number of allylic oxidation sites excluding steroid dienone is 1. The third-order valence-electron chi connectivity index (χ3n) is 10.1. The molecule has 52 heavy (non-hydrogen) atoms. The van der Waals surface area contributed by atoms with Gasteiger partial charge in [0, 0.05) is 43.7 Å². The van der Waals surface area contributed by atoms with Gasteiger partial charge in [0.2, 0.25) is 11.8 Å². The number of amides is 3. The van der Waals surface area contributed by atoms with Gasteiger partial charge in [0.05, 0.1) is 37.7 Å². The minimum atomic E-state index is -1.34. The fraction of sp³-hybridized carbons (Fsp3) is 0.487. The number of esters is 1. The van der Waals surface area contributed by atoms with Crippen molar-refractivity contribution in [2.75, 3.05) is 45.4 Å². The number of halogens is 1. The SMILES string of the molecule is C=CCCC(=O)N[C@H](COC)[C@H](OC(=O)[C@@H]1[C@H]2O[C@@]3(CC2Br)[C@H](C(=O)N(CC=C)c2ccc(OC)cc2)N(CCCCO)C(=O)[C@@H]13)c1ccccc1. The quantitative estimate of drug-likeness (QED) is 0.0932. The summed E-state index contributed by atoms with van der Waals surface area (Å²) in [6.07, 6.45) is 3.38. The number of rotatable bonds is 19. The highest BCUT2D eigenvalue weighted by molar-refractivity contribution is 9.09. The number of anilines is 1. The second kappa shape index (κ2) is 17.7. The lowest BCUT2D eigenvalue weighted by atomic mass is 9.70. The van der Waals surface area contributed by atoms with E-state index in [1.54, 1.807) is 60.6 Å². The molecule has 3 saturated heterocycles. The molecular weight excluding hydrogens is 734 g/mol. The summed E-state index contributed by atoms with van der Waals surface area (Å²) < 4.78 is 23.8. The van der Waals surface area contributed by atoms with E-state index in [9.17, 15) is 24.3 Å². The van der Waals surface area contributed by atoms with Gasteiger partial charge in [0.1, 0.15) is 23.5 Å². The van der Waals surface area contributed by atoms with Crippen molar-refractivity contribution in [2.45, 2.75) is 66.8 Å². The molecule has 280 valence electrons. The Morgan fingerprint density at radius 2 is 1.85 bits per heavy atom. The molecule has 3 amide bonds. The first-order chi connectivity index (χ1) is 25.1. The van der Waals surface area contributed by atoms with Crippen LogP contribution in [-0.4, -0.2) is 103 Å². The van der Waals surface area contributed by atoms with E-state index in [2.05, 4.69) is 34.4 Å². The molecule has 3 aliphatic heterocycles. The number of methoxy groups -OCH3 is 2. The number of aliphatic hydroxyl groups is 1. The molecule has 3 fully saturated rings. The average Bonchev–Trinajstić information content (AvgIpc) is 3.75. The van der Waals surface area contributed by atoms with Crippen LogP contribution < -0.4 is 15.0 Å². The van der Waals surface area contributed by atoms with Crippen molar-refractivity contribution < 1.29 is 43.2 Å². The number of benzene rings is 2. The van der Waals surface area contributed by atoms with Gasteiger partial charge in [0.15, 0.2) is 0 Å². The number of fused-ring (bicyclic) bond motifs is 1. The molecule has 13 heteroatoms. The second-order valence-electron chi connectivity index (χ2n) is 13.3. The number of nitrogens with zero attached hydrogens (tertiary/aromatic N) is 2. The maximum absolute atomic E-state index is 14.8. The molecule has 12 nitrogen and oxygen atoms in total. The van der Waals surface area contributed by atoms with E-state index in [0.29, 0.717) is 42.7 Å². The van der Waals surface area contributed by atoms with Crippen LogP contribution in [0.3, 0.4) is 0 Å². The molecule has 2 bridgehead atoms. The zero-order chi connectivity index (χ0) is 37.4. The summed E-state index contributed by atoms with van der Waals surface area (Å²) in [4.78, 5) is 59.6. The smallest absolute Gasteiger partial charge is 0.313 e. The Morgan fingerprint density at radius 1 is 1.12 bits per heavy atom. The lowest BCUT2D eigenvalue weighted by Crippen LogP contribution is -2.57. The summed E-state index contributed by atoms with van der Waals surface area (Å²) in [5, 5.41) is 12.5. The molecule has 1 spiro atoms. The highest BCUT2D eigenvalue weighted by Crippen LogP contribution is 2.60. The highest BCUT2D eigenvalue weighted by atomic mass is 79.9. The van der Waals surface area contributed by atoms with Gasteiger partial charge in [0.25, 0.3) is 5.91 Å². The van der Waals surface area contributed by atoms with E-state index in [1.165, 1.54) is 12.0 Å². The predicted octanol–water partition coefficient (Wildman–Crippen LogP) is 4.12. The van der Waals surface area contributed by atoms with Crippen LogP contribution in [-0.2, 0) is 33.4 Å². The Labute approximate surface area is 313 Å². The van der Waals surface area contributed by atoms with Crippen LogP contribution in [0.5, 0.6) is 5.75 Å². The van der Waals surface area contributed by atoms with Crippen molar-refractivity contribution in [3.63, 3.8) is 0 Å². The number of carbonyl (C=O) groups excluding carboxylic acids is 4. The number of aliphatic hydroxyl groups excluding tert-OH is 1. The van der Waals surface area contributed by atoms with Crippen molar-refractivity contribution >= 4 is 45.3 Å². The van der Waals surface area contributed by atoms with Gasteiger partial charge in [-0.3, -0.25) is 19.2 Å². The van der Waals surface area contributed by atoms with Crippen LogP contribution in [0, 0.1) is 11.8 Å². The number of nitrogens with one attached hydrogen (secondary N) is 1. The zero-order valence-corrected chi connectivity index (χ0v) is 31.2. The molecule has 5 rings (SSSR count). The molecular formula is C39H48BrN3O9. The molecule has 0 saturated carbocycles. The zero-order valence-electron chi connectivity index (χ0n) is 29.7. The van der Waals surface area contributed by atoms with E-state index in [4.69, 9.17) is 18.9 Å². The van der Waals surface area contributed by atoms with Gasteiger partial charge in [-0.25, -0.2) is 0 Å². The Morgan fingerprint density at radius 3 is 2.48 bits per heavy atom. The topological polar surface area (TPSA) is 144 Å². The van der Waals surface area contributed by atoms with Gasteiger partial charge in [-0.1, -0.05) is 58.4 Å². The normalized spacial score (nSPS) is 25.6. The Bertz CT molecular complexity index is 1590. The standard InChI is InChI=1S/C39H48BrN3O9/c1-5-7-15-30(45)41-29(24-49-3)33(25-13-9-8-10-14-25)51-38(48)31-32-36(46)43(21-11-12-22-44)35(39(32)23-28(40)34(31)52-39)37(47)42(20-6-2)26-16-18-27(50-4)19-17-26/h5-6,8-10,13-14,16-19,28-29,31-35,44H,1-2,7,11-12,15,20-24H2,3-4H3,(H,41,45)/t28?,29-,31+,32-,33-,34+,35+,39-/m1/s1. The van der Waals surface area contributed by atoms with E-state index in [0.717, 1.165) is 0 Å². The summed E-state index contributed by atoms with van der Waals surface area (Å²) in [6, 6.07) is 14.3. The maximum Gasteiger partial charge on any atom is 0.313 e. The highest BCUT2D eigenvalue weighted by Gasteiger charge is 2.77. The lowest BCUT2D eigenvalue weighted by molar-refractivity contribution is -0.163. The van der Waals surface area contributed by atoms with Crippen LogP contribution >= 0.6 is 15.9 Å². The number of ether oxygens (including phenoxy) is 4. The van der Waals surface area contributed by atoms with E-state index >= 15 is 0 Å². The van der Waals surface area contributed by atoms with Crippen molar-refractivity contribution in [3.8, 4) is 5.75 Å². The molecule has 2 aromatic rings. The molecule has 2 N–H and O–H groups in total. The molecule has 2 aromatic carbocycles. The molecule has 0 aliphatic carbocycles. The van der Waals surface area contributed by atoms with Gasteiger partial charge in [-0.05, 0) is 55.5 Å². The van der Waals surface area contributed by atoms with E-state index < -0.39 is 47.7 Å². The second-order valence-corrected chi connectivity index (χ2v) is 14.5. The molecule has 0 radical (unpaired) electrons. The van der Waals surface area contributed by atoms with Gasteiger partial charge >= 0.3 is 5.97 Å². The first kappa shape index (κ1) is 39.2. The number of hydrogen-bond donors (Lipinski definition) is 2. The van der Waals surface area contributed by atoms with E-state index in [-0.39, 0.29) is 55.3 Å². The number of likely N-dealkylation sites (tertiary alicyclic amines) is 1. The summed E-state index contributed by atoms with van der Waals surface area (Å²) in [7, 11) is 3.05. The van der Waals surface area contributed by atoms with Gasteiger partial charge in [-0.2, -0.15) is 0 Å². The minimum Gasteiger partial charge on any atom is -0.497 e. The average molecular weight is 783 g/mol. The number of alkyl halides is 1. The molecule has 1 unspecified atom stereocenters. The monoisotopic (exact) mass is 781 g/mol. The minimum absolute atomic E-state index is 0.0460. The Hall–Kier alpha value is -4.04. The summed E-state index contributed by atoms with van der Waals surface area (Å²) >= 11 is 3.73. The summed E-state index contributed by atoms with van der Waals surface area (Å²) in [6.45, 7) is 7.87. The van der Waals surface area contributed by atoms with Crippen LogP contribution in [0.1, 0.15) is 43.8 Å². The predicted molar refractivity (Wildman–Crippen MR) is 198 cm³/mol. The molecule has 8 atom stereocenters. The summed E-state index contributed by atoms with van der Waals surface area (Å²) in [5.41, 5.74) is -0.126. The van der Waals surface area contributed by atoms with Gasteiger partial charge < -0.3 is 39.2 Å². The lowest BCUT2D eigenvalue weighted by Gasteiger charge is -2.37. The van der Waals surface area contributed by atoms with Gasteiger partial charge in [-0.15, -0.1) is 13.2 Å². The third-order valence-corrected chi connectivity index (χ3v) is 10.9. The number of hydrogen-bond acceptors (Lipinski definition) is 9. The van der Waals surface area contributed by atoms with Crippen LogP contribution in [0.4, 0.5) is 5.69 Å². The molecule has 3 aliphatic rings. The van der Waals surface area contributed by atoms with Crippen molar-refractivity contribution in [1.29, 1.82) is 0 Å². The van der Waals surface area contributed by atoms with Crippen molar-refractivity contribution in [3.05, 3.63) is 85.5 Å². The first-order valence-electron chi connectivity index (χ1n) is 17.6. The summed E-state index contributed by atoms with van der Waals surface area (Å²) in [5.74, 6) is -3.13. The number of unbranched alkanes of at least 4 members (excludes halogenated alkanes) is 1. The van der Waals surface area contributed by atoms with E-state index in [1.807, 2.05) is 18.2 Å².